The van der Waals surface area contributed by atoms with Gasteiger partial charge >= 0.3 is 0 Å². The molecule has 2 fully saturated rings. The van der Waals surface area contributed by atoms with Crippen molar-refractivity contribution in [2.45, 2.75) is 44.1 Å². The third-order valence-corrected chi connectivity index (χ3v) is 3.03. The van der Waals surface area contributed by atoms with E-state index in [4.69, 9.17) is 0 Å². The number of ketones is 1. The number of hydrogen-bond donors (Lipinski definition) is 1. The topological polar surface area (TPSA) is 29.1 Å². The number of hydrogen-bond acceptors (Lipinski definition) is 2. The summed E-state index contributed by atoms with van der Waals surface area (Å²) < 4.78 is 0. The van der Waals surface area contributed by atoms with E-state index in [1.54, 1.807) is 0 Å². The van der Waals surface area contributed by atoms with Gasteiger partial charge in [0.1, 0.15) is 0 Å². The molecule has 0 aromatic heterocycles. The van der Waals surface area contributed by atoms with Gasteiger partial charge in [0, 0.05) is 6.42 Å². The van der Waals surface area contributed by atoms with E-state index in [0.717, 1.165) is 32.2 Å². The SMILES string of the molecule is O=C1CCCC[C@]12CCCN2. The highest BCUT2D eigenvalue weighted by Gasteiger charge is 2.41. The van der Waals surface area contributed by atoms with Gasteiger partial charge in [-0.3, -0.25) is 4.79 Å². The molecule has 1 saturated carbocycles. The van der Waals surface area contributed by atoms with Crippen LogP contribution < -0.4 is 5.32 Å². The summed E-state index contributed by atoms with van der Waals surface area (Å²) in [5.74, 6) is 0.473. The molecule has 62 valence electrons. The number of nitrogens with one attached hydrogen (secondary N) is 1. The molecule has 1 aliphatic heterocycles. The molecule has 2 rings (SSSR count). The Morgan fingerprint density at radius 1 is 1.18 bits per heavy atom. The number of Topliss-reactive ketones (excluding diaryl/α,β-unsaturated/α-hetero) is 1. The fourth-order valence-electron chi connectivity index (χ4n) is 2.35. The summed E-state index contributed by atoms with van der Waals surface area (Å²) in [6, 6.07) is 0. The largest absolute Gasteiger partial charge is 0.305 e. The minimum absolute atomic E-state index is 0.0573. The highest BCUT2D eigenvalue weighted by atomic mass is 16.1. The third kappa shape index (κ3) is 1.09. The molecule has 11 heavy (non-hydrogen) atoms. The zero-order valence-corrected chi connectivity index (χ0v) is 6.86. The van der Waals surface area contributed by atoms with Crippen LogP contribution >= 0.6 is 0 Å². The molecule has 1 aliphatic carbocycles. The molecule has 0 aromatic rings. The zero-order valence-electron chi connectivity index (χ0n) is 6.86. The zero-order chi connectivity index (χ0) is 7.73. The molecule has 2 heteroatoms. The van der Waals surface area contributed by atoms with Gasteiger partial charge in [-0.05, 0) is 32.2 Å². The van der Waals surface area contributed by atoms with E-state index in [-0.39, 0.29) is 5.54 Å². The van der Waals surface area contributed by atoms with Gasteiger partial charge in [0.15, 0.2) is 5.78 Å². The Kier molecular flexibility index (Phi) is 1.72. The van der Waals surface area contributed by atoms with Gasteiger partial charge in [0.25, 0.3) is 0 Å². The van der Waals surface area contributed by atoms with Crippen LogP contribution in [0.2, 0.25) is 0 Å². The van der Waals surface area contributed by atoms with E-state index in [2.05, 4.69) is 5.32 Å². The smallest absolute Gasteiger partial charge is 0.152 e. The highest BCUT2D eigenvalue weighted by Crippen LogP contribution is 2.32. The van der Waals surface area contributed by atoms with E-state index in [0.29, 0.717) is 5.78 Å². The quantitative estimate of drug-likeness (QED) is 0.567. The Hall–Kier alpha value is -0.370. The highest BCUT2D eigenvalue weighted by molar-refractivity contribution is 5.89. The van der Waals surface area contributed by atoms with Crippen LogP contribution in [-0.2, 0) is 4.79 Å². The van der Waals surface area contributed by atoms with Crippen molar-refractivity contribution in [2.24, 2.45) is 0 Å². The molecular formula is C9H15NO. The standard InChI is InChI=1S/C9H15NO/c11-8-4-1-2-5-9(8)6-3-7-10-9/h10H,1-7H2/t9-/m0/s1. The average Bonchev–Trinajstić information content (AvgIpc) is 2.46. The van der Waals surface area contributed by atoms with Crippen molar-refractivity contribution < 1.29 is 4.79 Å². The summed E-state index contributed by atoms with van der Waals surface area (Å²) in [7, 11) is 0. The van der Waals surface area contributed by atoms with E-state index in [9.17, 15) is 4.79 Å². The maximum atomic E-state index is 11.6. The van der Waals surface area contributed by atoms with Crippen molar-refractivity contribution >= 4 is 5.78 Å². The van der Waals surface area contributed by atoms with Gasteiger partial charge in [0.2, 0.25) is 0 Å². The Bertz CT molecular complexity index is 170. The first-order valence-electron chi connectivity index (χ1n) is 4.62. The van der Waals surface area contributed by atoms with Crippen LogP contribution in [0, 0.1) is 0 Å². The van der Waals surface area contributed by atoms with E-state index >= 15 is 0 Å². The first kappa shape index (κ1) is 7.29. The van der Waals surface area contributed by atoms with Crippen molar-refractivity contribution in [1.82, 2.24) is 5.32 Å². The summed E-state index contributed by atoms with van der Waals surface area (Å²) in [6.07, 6.45) is 6.53. The Morgan fingerprint density at radius 2 is 2.00 bits per heavy atom. The monoisotopic (exact) mass is 153 g/mol. The first-order chi connectivity index (χ1) is 5.33. The van der Waals surface area contributed by atoms with Gasteiger partial charge in [-0.15, -0.1) is 0 Å². The molecule has 0 unspecified atom stereocenters. The van der Waals surface area contributed by atoms with Crippen molar-refractivity contribution in [2.75, 3.05) is 6.54 Å². The Morgan fingerprint density at radius 3 is 2.64 bits per heavy atom. The van der Waals surface area contributed by atoms with Crippen LogP contribution in [-0.4, -0.2) is 17.9 Å². The molecule has 1 N–H and O–H groups in total. The second-order valence-corrected chi connectivity index (χ2v) is 3.74. The number of carbonyl (C=O) groups excluding carboxylic acids is 1. The van der Waals surface area contributed by atoms with Crippen molar-refractivity contribution in [3.05, 3.63) is 0 Å². The first-order valence-corrected chi connectivity index (χ1v) is 4.62. The van der Waals surface area contributed by atoms with Crippen LogP contribution in [0.25, 0.3) is 0 Å². The van der Waals surface area contributed by atoms with E-state index in [1.807, 2.05) is 0 Å². The summed E-state index contributed by atoms with van der Waals surface area (Å²) in [5, 5.41) is 3.37. The predicted molar refractivity (Wildman–Crippen MR) is 43.4 cm³/mol. The summed E-state index contributed by atoms with van der Waals surface area (Å²) in [4.78, 5) is 11.6. The molecule has 2 nitrogen and oxygen atoms in total. The lowest BCUT2D eigenvalue weighted by Crippen LogP contribution is -2.49. The fourth-order valence-corrected chi connectivity index (χ4v) is 2.35. The Labute approximate surface area is 67.4 Å². The fraction of sp³-hybridized carbons (Fsp3) is 0.889. The molecule has 0 aromatic carbocycles. The van der Waals surface area contributed by atoms with Crippen LogP contribution in [0.1, 0.15) is 38.5 Å². The van der Waals surface area contributed by atoms with Crippen molar-refractivity contribution in [1.29, 1.82) is 0 Å². The molecule has 1 saturated heterocycles. The molecule has 0 amide bonds. The van der Waals surface area contributed by atoms with E-state index < -0.39 is 0 Å². The van der Waals surface area contributed by atoms with Crippen LogP contribution in [0.5, 0.6) is 0 Å². The van der Waals surface area contributed by atoms with Gasteiger partial charge in [0.05, 0.1) is 5.54 Å². The van der Waals surface area contributed by atoms with Gasteiger partial charge in [-0.25, -0.2) is 0 Å². The number of rotatable bonds is 0. The summed E-state index contributed by atoms with van der Waals surface area (Å²) in [5.41, 5.74) is -0.0573. The Balaban J connectivity index is 2.13. The lowest BCUT2D eigenvalue weighted by molar-refractivity contribution is -0.126. The van der Waals surface area contributed by atoms with Gasteiger partial charge in [-0.1, -0.05) is 6.42 Å². The minimum atomic E-state index is -0.0573. The predicted octanol–water partition coefficient (Wildman–Crippen LogP) is 1.25. The maximum absolute atomic E-state index is 11.6. The lowest BCUT2D eigenvalue weighted by atomic mass is 9.80. The van der Waals surface area contributed by atoms with Crippen LogP contribution in [0.3, 0.4) is 0 Å². The number of carbonyl (C=O) groups is 1. The van der Waals surface area contributed by atoms with Crippen molar-refractivity contribution in [3.63, 3.8) is 0 Å². The summed E-state index contributed by atoms with van der Waals surface area (Å²) in [6.45, 7) is 1.05. The molecule has 1 atom stereocenters. The van der Waals surface area contributed by atoms with Crippen LogP contribution in [0.4, 0.5) is 0 Å². The second-order valence-electron chi connectivity index (χ2n) is 3.74. The lowest BCUT2D eigenvalue weighted by Gasteiger charge is -2.31. The average molecular weight is 153 g/mol. The minimum Gasteiger partial charge on any atom is -0.305 e. The second kappa shape index (κ2) is 2.59. The maximum Gasteiger partial charge on any atom is 0.152 e. The molecule has 1 spiro atoms. The van der Waals surface area contributed by atoms with Gasteiger partial charge < -0.3 is 5.32 Å². The molecule has 1 heterocycles. The third-order valence-electron chi connectivity index (χ3n) is 3.03. The van der Waals surface area contributed by atoms with Gasteiger partial charge in [-0.2, -0.15) is 0 Å². The van der Waals surface area contributed by atoms with E-state index in [1.165, 1.54) is 12.8 Å². The summed E-state index contributed by atoms with van der Waals surface area (Å²) >= 11 is 0. The molecule has 0 radical (unpaired) electrons. The van der Waals surface area contributed by atoms with Crippen molar-refractivity contribution in [3.8, 4) is 0 Å². The normalized spacial score (nSPS) is 38.4. The molecule has 2 aliphatic rings. The molecule has 0 bridgehead atoms. The van der Waals surface area contributed by atoms with Crippen LogP contribution in [0.15, 0.2) is 0 Å². The molecular weight excluding hydrogens is 138 g/mol.